The van der Waals surface area contributed by atoms with Crippen LogP contribution in [0, 0.1) is 0 Å². The minimum absolute atomic E-state index is 0.170. The van der Waals surface area contributed by atoms with Crippen molar-refractivity contribution in [2.24, 2.45) is 0 Å². The van der Waals surface area contributed by atoms with Gasteiger partial charge in [0, 0.05) is 4.47 Å². The molecule has 2 rings (SSSR count). The Morgan fingerprint density at radius 2 is 2.23 bits per heavy atom. The molecular formula is C9H10BrNO2. The van der Waals surface area contributed by atoms with Crippen LogP contribution in [0.2, 0.25) is 0 Å². The van der Waals surface area contributed by atoms with Crippen LogP contribution in [0.4, 0.5) is 5.69 Å². The number of hydrogen-bond donors (Lipinski definition) is 1. The molecule has 0 spiro atoms. The van der Waals surface area contributed by atoms with Gasteiger partial charge >= 0.3 is 0 Å². The van der Waals surface area contributed by atoms with E-state index in [-0.39, 0.29) is 6.10 Å². The van der Waals surface area contributed by atoms with Crippen molar-refractivity contribution < 1.29 is 9.47 Å². The van der Waals surface area contributed by atoms with E-state index in [9.17, 15) is 0 Å². The van der Waals surface area contributed by atoms with Gasteiger partial charge in [0.2, 0.25) is 0 Å². The Labute approximate surface area is 85.0 Å². The molecule has 1 aliphatic heterocycles. The van der Waals surface area contributed by atoms with Crippen LogP contribution in [0.25, 0.3) is 0 Å². The van der Waals surface area contributed by atoms with E-state index < -0.39 is 0 Å². The fourth-order valence-corrected chi connectivity index (χ4v) is 1.47. The molecule has 3 nitrogen and oxygen atoms in total. The lowest BCUT2D eigenvalue weighted by Gasteiger charge is -2.27. The zero-order valence-corrected chi connectivity index (χ0v) is 8.58. The number of ether oxygens (including phenoxy) is 2. The Hall–Kier alpha value is -0.740. The molecule has 1 aromatic rings. The summed E-state index contributed by atoms with van der Waals surface area (Å²) in [6, 6.07) is 5.60. The molecule has 1 aromatic carbocycles. The lowest BCUT2D eigenvalue weighted by molar-refractivity contribution is -0.0793. The summed E-state index contributed by atoms with van der Waals surface area (Å²) in [5.74, 6) is 0.733. The van der Waals surface area contributed by atoms with Gasteiger partial charge in [-0.25, -0.2) is 0 Å². The van der Waals surface area contributed by atoms with Crippen molar-refractivity contribution in [3.8, 4) is 5.75 Å². The predicted molar refractivity (Wildman–Crippen MR) is 53.8 cm³/mol. The topological polar surface area (TPSA) is 44.5 Å². The molecule has 70 valence electrons. The normalized spacial score (nSPS) is 16.7. The van der Waals surface area contributed by atoms with Crippen LogP contribution in [0.5, 0.6) is 5.75 Å². The van der Waals surface area contributed by atoms with E-state index in [2.05, 4.69) is 15.9 Å². The van der Waals surface area contributed by atoms with Crippen molar-refractivity contribution in [1.29, 1.82) is 0 Å². The van der Waals surface area contributed by atoms with Crippen molar-refractivity contribution in [3.05, 3.63) is 22.7 Å². The van der Waals surface area contributed by atoms with Gasteiger partial charge in [-0.3, -0.25) is 0 Å². The Morgan fingerprint density at radius 3 is 2.77 bits per heavy atom. The molecule has 0 aliphatic carbocycles. The van der Waals surface area contributed by atoms with Gasteiger partial charge in [-0.15, -0.1) is 0 Å². The zero-order chi connectivity index (χ0) is 9.26. The molecule has 1 saturated heterocycles. The Balaban J connectivity index is 2.10. The number of rotatable bonds is 2. The van der Waals surface area contributed by atoms with Crippen LogP contribution >= 0.6 is 15.9 Å². The van der Waals surface area contributed by atoms with Crippen molar-refractivity contribution in [1.82, 2.24) is 0 Å². The number of nitrogen functional groups attached to an aromatic ring is 1. The second kappa shape index (κ2) is 3.55. The van der Waals surface area contributed by atoms with Gasteiger partial charge in [-0.1, -0.05) is 15.9 Å². The highest BCUT2D eigenvalue weighted by Crippen LogP contribution is 2.27. The van der Waals surface area contributed by atoms with E-state index in [0.29, 0.717) is 18.9 Å². The van der Waals surface area contributed by atoms with E-state index in [1.165, 1.54) is 0 Å². The number of hydrogen-bond acceptors (Lipinski definition) is 3. The highest BCUT2D eigenvalue weighted by molar-refractivity contribution is 9.10. The maximum absolute atomic E-state index is 5.75. The second-order valence-corrected chi connectivity index (χ2v) is 3.88. The van der Waals surface area contributed by atoms with Crippen LogP contribution in [-0.2, 0) is 4.74 Å². The molecule has 4 heteroatoms. The SMILES string of the molecule is Nc1cc(Br)ccc1OC1COC1. The first kappa shape index (κ1) is 8.84. The van der Waals surface area contributed by atoms with Gasteiger partial charge in [0.05, 0.1) is 18.9 Å². The molecule has 0 radical (unpaired) electrons. The monoisotopic (exact) mass is 243 g/mol. The maximum atomic E-state index is 5.75. The van der Waals surface area contributed by atoms with Gasteiger partial charge in [0.25, 0.3) is 0 Å². The average molecular weight is 244 g/mol. The zero-order valence-electron chi connectivity index (χ0n) is 7.00. The first-order valence-corrected chi connectivity index (χ1v) is 4.84. The van der Waals surface area contributed by atoms with Gasteiger partial charge in [-0.2, -0.15) is 0 Å². The van der Waals surface area contributed by atoms with Crippen molar-refractivity contribution >= 4 is 21.6 Å². The summed E-state index contributed by atoms with van der Waals surface area (Å²) in [6.07, 6.45) is 0.170. The average Bonchev–Trinajstić information content (AvgIpc) is 1.99. The molecule has 1 aliphatic rings. The van der Waals surface area contributed by atoms with Crippen LogP contribution in [0.3, 0.4) is 0 Å². The van der Waals surface area contributed by atoms with Crippen LogP contribution < -0.4 is 10.5 Å². The quantitative estimate of drug-likeness (QED) is 0.807. The Kier molecular flexibility index (Phi) is 2.42. The van der Waals surface area contributed by atoms with Crippen LogP contribution in [0.1, 0.15) is 0 Å². The second-order valence-electron chi connectivity index (χ2n) is 2.96. The minimum atomic E-state index is 0.170. The molecule has 1 fully saturated rings. The molecule has 0 atom stereocenters. The fourth-order valence-electron chi connectivity index (χ4n) is 1.09. The number of halogens is 1. The predicted octanol–water partition coefficient (Wildman–Crippen LogP) is 1.81. The highest BCUT2D eigenvalue weighted by atomic mass is 79.9. The lowest BCUT2D eigenvalue weighted by atomic mass is 10.3. The first-order valence-electron chi connectivity index (χ1n) is 4.05. The largest absolute Gasteiger partial charge is 0.483 e. The molecular weight excluding hydrogens is 234 g/mol. The third kappa shape index (κ3) is 1.95. The maximum Gasteiger partial charge on any atom is 0.145 e. The van der Waals surface area contributed by atoms with E-state index in [1.807, 2.05) is 18.2 Å². The first-order chi connectivity index (χ1) is 6.25. The molecule has 13 heavy (non-hydrogen) atoms. The fraction of sp³-hybridized carbons (Fsp3) is 0.333. The van der Waals surface area contributed by atoms with E-state index in [0.717, 1.165) is 10.2 Å². The molecule has 0 amide bonds. The summed E-state index contributed by atoms with van der Waals surface area (Å²) in [6.45, 7) is 1.32. The smallest absolute Gasteiger partial charge is 0.145 e. The molecule has 0 bridgehead atoms. The Morgan fingerprint density at radius 1 is 1.46 bits per heavy atom. The molecule has 2 N–H and O–H groups in total. The lowest BCUT2D eigenvalue weighted by Crippen LogP contribution is -2.38. The number of nitrogens with two attached hydrogens (primary N) is 1. The van der Waals surface area contributed by atoms with E-state index in [4.69, 9.17) is 15.2 Å². The van der Waals surface area contributed by atoms with E-state index >= 15 is 0 Å². The summed E-state index contributed by atoms with van der Waals surface area (Å²) < 4.78 is 11.5. The van der Waals surface area contributed by atoms with Gasteiger partial charge < -0.3 is 15.2 Å². The molecule has 0 saturated carbocycles. The summed E-state index contributed by atoms with van der Waals surface area (Å²) >= 11 is 3.33. The Bertz CT molecular complexity index is 312. The number of benzene rings is 1. The summed E-state index contributed by atoms with van der Waals surface area (Å²) in [5.41, 5.74) is 6.41. The van der Waals surface area contributed by atoms with Gasteiger partial charge in [-0.05, 0) is 18.2 Å². The summed E-state index contributed by atoms with van der Waals surface area (Å²) in [7, 11) is 0. The third-order valence-corrected chi connectivity index (χ3v) is 2.37. The summed E-state index contributed by atoms with van der Waals surface area (Å²) in [4.78, 5) is 0. The van der Waals surface area contributed by atoms with Gasteiger partial charge in [0.1, 0.15) is 11.9 Å². The van der Waals surface area contributed by atoms with E-state index in [1.54, 1.807) is 0 Å². The molecule has 0 aromatic heterocycles. The van der Waals surface area contributed by atoms with Crippen molar-refractivity contribution in [3.63, 3.8) is 0 Å². The van der Waals surface area contributed by atoms with Crippen molar-refractivity contribution in [2.45, 2.75) is 6.10 Å². The summed E-state index contributed by atoms with van der Waals surface area (Å²) in [5, 5.41) is 0. The standard InChI is InChI=1S/C9H10BrNO2/c10-6-1-2-9(8(11)3-6)13-7-4-12-5-7/h1-3,7H,4-5,11H2. The third-order valence-electron chi connectivity index (χ3n) is 1.87. The van der Waals surface area contributed by atoms with Gasteiger partial charge in [0.15, 0.2) is 0 Å². The highest BCUT2D eigenvalue weighted by Gasteiger charge is 2.20. The minimum Gasteiger partial charge on any atom is -0.483 e. The molecule has 0 unspecified atom stereocenters. The van der Waals surface area contributed by atoms with Crippen LogP contribution in [0.15, 0.2) is 22.7 Å². The van der Waals surface area contributed by atoms with Crippen LogP contribution in [-0.4, -0.2) is 19.3 Å². The van der Waals surface area contributed by atoms with Crippen molar-refractivity contribution in [2.75, 3.05) is 18.9 Å². The molecule has 1 heterocycles. The number of anilines is 1.